The van der Waals surface area contributed by atoms with Crippen LogP contribution in [-0.4, -0.2) is 16.1 Å². The standard InChI is InChI=1S/C15H21N3/c1-3-16-13(2)14-7-10-18(12-14)11-8-15-6-4-5-9-17-15/h4-7,9-10,12-13,16H,3,8,11H2,1-2H3. The summed E-state index contributed by atoms with van der Waals surface area (Å²) in [5, 5.41) is 3.42. The van der Waals surface area contributed by atoms with Gasteiger partial charge in [-0.25, -0.2) is 0 Å². The van der Waals surface area contributed by atoms with Crippen LogP contribution in [-0.2, 0) is 13.0 Å². The van der Waals surface area contributed by atoms with Gasteiger partial charge in [-0.3, -0.25) is 4.98 Å². The second-order valence-electron chi connectivity index (χ2n) is 4.53. The van der Waals surface area contributed by atoms with Gasteiger partial charge in [0.2, 0.25) is 0 Å². The van der Waals surface area contributed by atoms with Crippen molar-refractivity contribution in [2.24, 2.45) is 0 Å². The van der Waals surface area contributed by atoms with Crippen LogP contribution in [0.3, 0.4) is 0 Å². The largest absolute Gasteiger partial charge is 0.354 e. The molecule has 1 atom stereocenters. The lowest BCUT2D eigenvalue weighted by molar-refractivity contribution is 0.594. The zero-order valence-electron chi connectivity index (χ0n) is 11.1. The van der Waals surface area contributed by atoms with Crippen LogP contribution in [0, 0.1) is 0 Å². The molecular formula is C15H21N3. The SMILES string of the molecule is CCNC(C)c1ccn(CCc2ccccn2)c1. The van der Waals surface area contributed by atoms with Crippen molar-refractivity contribution in [1.29, 1.82) is 0 Å². The van der Waals surface area contributed by atoms with E-state index in [1.807, 2.05) is 18.3 Å². The Hall–Kier alpha value is -1.61. The Kier molecular flexibility index (Phi) is 4.53. The average Bonchev–Trinajstić information content (AvgIpc) is 2.87. The summed E-state index contributed by atoms with van der Waals surface area (Å²) >= 11 is 0. The molecule has 0 saturated heterocycles. The van der Waals surface area contributed by atoms with Crippen molar-refractivity contribution in [3.05, 3.63) is 54.1 Å². The van der Waals surface area contributed by atoms with Gasteiger partial charge in [-0.2, -0.15) is 0 Å². The van der Waals surface area contributed by atoms with Gasteiger partial charge in [0.15, 0.2) is 0 Å². The molecule has 0 saturated carbocycles. The van der Waals surface area contributed by atoms with E-state index in [4.69, 9.17) is 0 Å². The van der Waals surface area contributed by atoms with Crippen molar-refractivity contribution in [3.8, 4) is 0 Å². The maximum Gasteiger partial charge on any atom is 0.0421 e. The topological polar surface area (TPSA) is 29.9 Å². The molecule has 0 radical (unpaired) electrons. The molecular weight excluding hydrogens is 222 g/mol. The summed E-state index contributed by atoms with van der Waals surface area (Å²) in [7, 11) is 0. The molecule has 1 N–H and O–H groups in total. The van der Waals surface area contributed by atoms with Gasteiger partial charge in [-0.15, -0.1) is 0 Å². The summed E-state index contributed by atoms with van der Waals surface area (Å²) in [5.74, 6) is 0. The Labute approximate surface area is 109 Å². The van der Waals surface area contributed by atoms with Gasteiger partial charge in [0.25, 0.3) is 0 Å². The minimum absolute atomic E-state index is 0.422. The molecule has 0 aromatic carbocycles. The molecule has 0 bridgehead atoms. The summed E-state index contributed by atoms with van der Waals surface area (Å²) in [6.45, 7) is 6.31. The first-order valence-corrected chi connectivity index (χ1v) is 6.58. The Morgan fingerprint density at radius 2 is 2.22 bits per heavy atom. The van der Waals surface area contributed by atoms with E-state index < -0.39 is 0 Å². The number of nitrogens with one attached hydrogen (secondary N) is 1. The third-order valence-corrected chi connectivity index (χ3v) is 3.14. The average molecular weight is 243 g/mol. The fraction of sp³-hybridized carbons (Fsp3) is 0.400. The molecule has 2 rings (SSSR count). The summed E-state index contributed by atoms with van der Waals surface area (Å²) in [5.41, 5.74) is 2.49. The minimum Gasteiger partial charge on any atom is -0.354 e. The van der Waals surface area contributed by atoms with E-state index in [9.17, 15) is 0 Å². The third kappa shape index (κ3) is 3.44. The zero-order chi connectivity index (χ0) is 12.8. The van der Waals surface area contributed by atoms with Crippen LogP contribution in [0.15, 0.2) is 42.9 Å². The van der Waals surface area contributed by atoms with E-state index in [1.165, 1.54) is 5.56 Å². The van der Waals surface area contributed by atoms with Crippen LogP contribution < -0.4 is 5.32 Å². The third-order valence-electron chi connectivity index (χ3n) is 3.14. The molecule has 96 valence electrons. The van der Waals surface area contributed by atoms with E-state index in [1.54, 1.807) is 0 Å². The molecule has 0 fully saturated rings. The molecule has 18 heavy (non-hydrogen) atoms. The van der Waals surface area contributed by atoms with Crippen LogP contribution in [0.4, 0.5) is 0 Å². The smallest absolute Gasteiger partial charge is 0.0421 e. The quantitative estimate of drug-likeness (QED) is 0.845. The number of pyridine rings is 1. The van der Waals surface area contributed by atoms with E-state index in [0.29, 0.717) is 6.04 Å². The van der Waals surface area contributed by atoms with Gasteiger partial charge in [0.05, 0.1) is 0 Å². The number of hydrogen-bond acceptors (Lipinski definition) is 2. The summed E-state index contributed by atoms with van der Waals surface area (Å²) < 4.78 is 2.23. The van der Waals surface area contributed by atoms with Crippen molar-refractivity contribution >= 4 is 0 Å². The number of hydrogen-bond donors (Lipinski definition) is 1. The molecule has 1 unspecified atom stereocenters. The highest BCUT2D eigenvalue weighted by Gasteiger charge is 2.05. The van der Waals surface area contributed by atoms with E-state index >= 15 is 0 Å². The summed E-state index contributed by atoms with van der Waals surface area (Å²) in [4.78, 5) is 4.34. The molecule has 0 aliphatic carbocycles. The molecule has 0 amide bonds. The molecule has 2 heterocycles. The van der Waals surface area contributed by atoms with Gasteiger partial charge in [0.1, 0.15) is 0 Å². The molecule has 0 spiro atoms. The van der Waals surface area contributed by atoms with Gasteiger partial charge in [-0.05, 0) is 37.2 Å². The second kappa shape index (κ2) is 6.36. The second-order valence-corrected chi connectivity index (χ2v) is 4.53. The maximum atomic E-state index is 4.34. The molecule has 3 nitrogen and oxygen atoms in total. The predicted molar refractivity (Wildman–Crippen MR) is 74.5 cm³/mol. The molecule has 0 aliphatic rings. The minimum atomic E-state index is 0.422. The normalized spacial score (nSPS) is 12.6. The van der Waals surface area contributed by atoms with Crippen LogP contribution >= 0.6 is 0 Å². The lowest BCUT2D eigenvalue weighted by Gasteiger charge is -2.09. The monoisotopic (exact) mass is 243 g/mol. The lowest BCUT2D eigenvalue weighted by Crippen LogP contribution is -2.17. The van der Waals surface area contributed by atoms with Gasteiger partial charge < -0.3 is 9.88 Å². The fourth-order valence-electron chi connectivity index (χ4n) is 2.07. The summed E-state index contributed by atoms with van der Waals surface area (Å²) in [6, 6.07) is 8.68. The molecule has 3 heteroatoms. The lowest BCUT2D eigenvalue weighted by atomic mass is 10.2. The first-order valence-electron chi connectivity index (χ1n) is 6.58. The van der Waals surface area contributed by atoms with Crippen molar-refractivity contribution in [2.75, 3.05) is 6.54 Å². The predicted octanol–water partition coefficient (Wildman–Crippen LogP) is 2.80. The molecule has 2 aromatic rings. The highest BCUT2D eigenvalue weighted by molar-refractivity contribution is 5.15. The van der Waals surface area contributed by atoms with Crippen molar-refractivity contribution < 1.29 is 0 Å². The zero-order valence-corrected chi connectivity index (χ0v) is 11.1. The van der Waals surface area contributed by atoms with Gasteiger partial charge in [-0.1, -0.05) is 13.0 Å². The van der Waals surface area contributed by atoms with Crippen molar-refractivity contribution in [2.45, 2.75) is 32.9 Å². The molecule has 0 aliphatic heterocycles. The van der Waals surface area contributed by atoms with E-state index in [0.717, 1.165) is 25.2 Å². The van der Waals surface area contributed by atoms with Crippen LogP contribution in [0.1, 0.15) is 31.1 Å². The van der Waals surface area contributed by atoms with Crippen LogP contribution in [0.2, 0.25) is 0 Å². The molecule has 2 aromatic heterocycles. The van der Waals surface area contributed by atoms with Gasteiger partial charge in [0, 0.05) is 43.3 Å². The number of aromatic nitrogens is 2. The van der Waals surface area contributed by atoms with Gasteiger partial charge >= 0.3 is 0 Å². The number of aryl methyl sites for hydroxylation is 2. The maximum absolute atomic E-state index is 4.34. The highest BCUT2D eigenvalue weighted by atomic mass is 15.0. The fourth-order valence-corrected chi connectivity index (χ4v) is 2.07. The van der Waals surface area contributed by atoms with Crippen LogP contribution in [0.25, 0.3) is 0 Å². The number of rotatable bonds is 6. The van der Waals surface area contributed by atoms with Crippen molar-refractivity contribution in [3.63, 3.8) is 0 Å². The first-order chi connectivity index (χ1) is 8.79. The van der Waals surface area contributed by atoms with E-state index in [-0.39, 0.29) is 0 Å². The Balaban J connectivity index is 1.91. The Bertz CT molecular complexity index is 462. The van der Waals surface area contributed by atoms with E-state index in [2.05, 4.69) is 53.2 Å². The first kappa shape index (κ1) is 12.8. The summed E-state index contributed by atoms with van der Waals surface area (Å²) in [6.07, 6.45) is 7.19. The highest BCUT2D eigenvalue weighted by Crippen LogP contribution is 2.12. The van der Waals surface area contributed by atoms with Crippen LogP contribution in [0.5, 0.6) is 0 Å². The number of nitrogens with zero attached hydrogens (tertiary/aromatic N) is 2. The van der Waals surface area contributed by atoms with Crippen molar-refractivity contribution in [1.82, 2.24) is 14.9 Å². The Morgan fingerprint density at radius 3 is 2.94 bits per heavy atom. The Morgan fingerprint density at radius 1 is 1.33 bits per heavy atom.